The second-order valence-corrected chi connectivity index (χ2v) is 7.41. The van der Waals surface area contributed by atoms with Crippen molar-refractivity contribution in [2.75, 3.05) is 11.1 Å². The number of hydrogen-bond acceptors (Lipinski definition) is 4. The van der Waals surface area contributed by atoms with E-state index in [4.69, 9.17) is 11.6 Å². The number of hydrogen-bond donors (Lipinski definition) is 2. The number of benzene rings is 2. The van der Waals surface area contributed by atoms with E-state index < -0.39 is 5.82 Å². The minimum atomic E-state index is -0.454. The Hall–Kier alpha value is -2.64. The van der Waals surface area contributed by atoms with Crippen LogP contribution in [0.25, 0.3) is 21.9 Å². The highest BCUT2D eigenvalue weighted by atomic mass is 35.5. The van der Waals surface area contributed by atoms with Gasteiger partial charge in [-0.1, -0.05) is 35.0 Å². The summed E-state index contributed by atoms with van der Waals surface area (Å²) in [5, 5.41) is 4.55. The number of aromatic nitrogens is 3. The van der Waals surface area contributed by atoms with Gasteiger partial charge in [0.25, 0.3) is 0 Å². The molecule has 0 saturated heterocycles. The number of nitrogens with one attached hydrogen (secondary N) is 2. The van der Waals surface area contributed by atoms with Crippen molar-refractivity contribution in [1.29, 1.82) is 0 Å². The van der Waals surface area contributed by atoms with Crippen LogP contribution in [0.5, 0.6) is 0 Å². The van der Waals surface area contributed by atoms with Gasteiger partial charge in [-0.3, -0.25) is 4.79 Å². The van der Waals surface area contributed by atoms with Crippen LogP contribution in [0.2, 0.25) is 5.02 Å². The van der Waals surface area contributed by atoms with Crippen molar-refractivity contribution >= 4 is 56.9 Å². The van der Waals surface area contributed by atoms with E-state index in [1.165, 1.54) is 30.2 Å². The van der Waals surface area contributed by atoms with Crippen LogP contribution in [0.1, 0.15) is 5.56 Å². The fraction of sp³-hybridized carbons (Fsp3) is 0.105. The first-order valence-electron chi connectivity index (χ1n) is 8.12. The molecule has 2 aromatic carbocycles. The normalized spacial score (nSPS) is 11.2. The van der Waals surface area contributed by atoms with Crippen molar-refractivity contribution in [2.45, 2.75) is 11.9 Å². The van der Waals surface area contributed by atoms with E-state index in [-0.39, 0.29) is 16.7 Å². The van der Waals surface area contributed by atoms with Crippen LogP contribution in [-0.2, 0) is 4.79 Å². The number of aromatic amines is 1. The zero-order valence-electron chi connectivity index (χ0n) is 14.2. The highest BCUT2D eigenvalue weighted by Crippen LogP contribution is 2.30. The maximum Gasteiger partial charge on any atom is 0.234 e. The molecule has 5 nitrogen and oxygen atoms in total. The van der Waals surface area contributed by atoms with Crippen molar-refractivity contribution in [3.05, 3.63) is 59.1 Å². The summed E-state index contributed by atoms with van der Waals surface area (Å²) in [5.41, 5.74) is 4.12. The third kappa shape index (κ3) is 3.61. The van der Waals surface area contributed by atoms with E-state index in [0.29, 0.717) is 10.7 Å². The van der Waals surface area contributed by atoms with Gasteiger partial charge in [0.2, 0.25) is 5.91 Å². The third-order valence-electron chi connectivity index (χ3n) is 4.05. The zero-order valence-corrected chi connectivity index (χ0v) is 15.8. The molecule has 2 aromatic heterocycles. The second-order valence-electron chi connectivity index (χ2n) is 6.04. The lowest BCUT2D eigenvalue weighted by Crippen LogP contribution is -2.14. The lowest BCUT2D eigenvalue weighted by molar-refractivity contribution is -0.113. The number of anilines is 1. The first-order chi connectivity index (χ1) is 13.0. The number of rotatable bonds is 4. The third-order valence-corrected chi connectivity index (χ3v) is 5.35. The van der Waals surface area contributed by atoms with E-state index in [2.05, 4.69) is 26.3 Å². The highest BCUT2D eigenvalue weighted by Gasteiger charge is 2.13. The molecule has 0 aliphatic rings. The van der Waals surface area contributed by atoms with Crippen molar-refractivity contribution in [2.24, 2.45) is 0 Å². The molecular formula is C19H14ClFN4OS. The maximum atomic E-state index is 13.1. The molecule has 8 heteroatoms. The predicted molar refractivity (Wildman–Crippen MR) is 107 cm³/mol. The summed E-state index contributed by atoms with van der Waals surface area (Å²) >= 11 is 7.23. The number of carbonyl (C=O) groups excluding carboxylic acids is 1. The van der Waals surface area contributed by atoms with E-state index in [0.717, 1.165) is 33.6 Å². The van der Waals surface area contributed by atoms with Crippen LogP contribution in [0, 0.1) is 12.7 Å². The quantitative estimate of drug-likeness (QED) is 0.376. The average molecular weight is 401 g/mol. The van der Waals surface area contributed by atoms with Crippen LogP contribution in [-0.4, -0.2) is 26.6 Å². The van der Waals surface area contributed by atoms with Crippen molar-refractivity contribution < 1.29 is 9.18 Å². The van der Waals surface area contributed by atoms with Gasteiger partial charge >= 0.3 is 0 Å². The van der Waals surface area contributed by atoms with Gasteiger partial charge in [0.15, 0.2) is 0 Å². The molecule has 0 unspecified atom stereocenters. The lowest BCUT2D eigenvalue weighted by atomic mass is 10.2. The molecule has 2 heterocycles. The first-order valence-corrected chi connectivity index (χ1v) is 9.48. The number of aryl methyl sites for hydroxylation is 1. The highest BCUT2D eigenvalue weighted by molar-refractivity contribution is 8.00. The van der Waals surface area contributed by atoms with Crippen molar-refractivity contribution in [1.82, 2.24) is 15.0 Å². The summed E-state index contributed by atoms with van der Waals surface area (Å²) in [7, 11) is 0. The van der Waals surface area contributed by atoms with Crippen LogP contribution < -0.4 is 5.32 Å². The molecule has 4 rings (SSSR count). The second kappa shape index (κ2) is 7.17. The number of carbonyl (C=O) groups is 1. The van der Waals surface area contributed by atoms with Gasteiger partial charge in [0.05, 0.1) is 22.0 Å². The van der Waals surface area contributed by atoms with Crippen LogP contribution in [0.3, 0.4) is 0 Å². The van der Waals surface area contributed by atoms with Crippen molar-refractivity contribution in [3.63, 3.8) is 0 Å². The largest absolute Gasteiger partial charge is 0.351 e. The number of fused-ring (bicyclic) bond motifs is 3. The molecule has 0 fully saturated rings. The summed E-state index contributed by atoms with van der Waals surface area (Å²) in [4.78, 5) is 24.2. The molecule has 136 valence electrons. The Balaban J connectivity index is 1.55. The van der Waals surface area contributed by atoms with E-state index in [1.807, 2.05) is 19.1 Å². The smallest absolute Gasteiger partial charge is 0.234 e. The predicted octanol–water partition coefficient (Wildman–Crippen LogP) is 4.94. The van der Waals surface area contributed by atoms with Crippen LogP contribution in [0.4, 0.5) is 10.1 Å². The van der Waals surface area contributed by atoms with Crippen LogP contribution >= 0.6 is 23.4 Å². The molecule has 0 aliphatic carbocycles. The molecule has 1 amide bonds. The van der Waals surface area contributed by atoms with Crippen molar-refractivity contribution in [3.8, 4) is 0 Å². The Morgan fingerprint density at radius 2 is 2.11 bits per heavy atom. The number of nitrogens with zero attached hydrogens (tertiary/aromatic N) is 2. The summed E-state index contributed by atoms with van der Waals surface area (Å²) in [5.74, 6) is -0.578. The zero-order chi connectivity index (χ0) is 19.0. The Morgan fingerprint density at radius 1 is 1.26 bits per heavy atom. The molecule has 0 spiro atoms. The summed E-state index contributed by atoms with van der Waals surface area (Å²) in [6, 6.07) is 9.93. The molecule has 4 aromatic rings. The number of halogens is 2. The Morgan fingerprint density at radius 3 is 2.93 bits per heavy atom. The molecule has 2 N–H and O–H groups in total. The monoisotopic (exact) mass is 400 g/mol. The van der Waals surface area contributed by atoms with E-state index in [9.17, 15) is 9.18 Å². The fourth-order valence-corrected chi connectivity index (χ4v) is 3.77. The molecule has 0 atom stereocenters. The van der Waals surface area contributed by atoms with Gasteiger partial charge in [-0.2, -0.15) is 0 Å². The molecule has 0 radical (unpaired) electrons. The molecule has 0 bridgehead atoms. The average Bonchev–Trinajstić information content (AvgIpc) is 3.01. The molecule has 0 aliphatic heterocycles. The molecular weight excluding hydrogens is 387 g/mol. The van der Waals surface area contributed by atoms with Gasteiger partial charge < -0.3 is 10.3 Å². The Kier molecular flexibility index (Phi) is 4.72. The van der Waals surface area contributed by atoms with Gasteiger partial charge in [-0.15, -0.1) is 0 Å². The van der Waals surface area contributed by atoms with E-state index >= 15 is 0 Å². The SMILES string of the molecule is Cc1ccc2[nH]c3c(SCC(=O)Nc4ccc(F)cc4Cl)ncnc3c2c1. The van der Waals surface area contributed by atoms with Gasteiger partial charge in [-0.05, 0) is 37.3 Å². The minimum absolute atomic E-state index is 0.133. The first kappa shape index (κ1) is 17.8. The lowest BCUT2D eigenvalue weighted by Gasteiger charge is -2.07. The fourth-order valence-electron chi connectivity index (χ4n) is 2.80. The minimum Gasteiger partial charge on any atom is -0.351 e. The van der Waals surface area contributed by atoms with Gasteiger partial charge in [-0.25, -0.2) is 14.4 Å². The number of amides is 1. The molecule has 0 saturated carbocycles. The summed E-state index contributed by atoms with van der Waals surface area (Å²) < 4.78 is 13.1. The Labute approximate surface area is 163 Å². The summed E-state index contributed by atoms with van der Waals surface area (Å²) in [6.45, 7) is 2.03. The van der Waals surface area contributed by atoms with Gasteiger partial charge in [0.1, 0.15) is 22.7 Å². The van der Waals surface area contributed by atoms with Gasteiger partial charge in [0, 0.05) is 10.9 Å². The number of H-pyrrole nitrogens is 1. The topological polar surface area (TPSA) is 70.7 Å². The Bertz CT molecular complexity index is 1180. The van der Waals surface area contributed by atoms with E-state index in [1.54, 1.807) is 0 Å². The standard InChI is InChI=1S/C19H14ClFN4OS/c1-10-2-4-14-12(6-10)17-18(25-14)19(23-9-22-17)27-8-16(26)24-15-5-3-11(21)7-13(15)20/h2-7,9,25H,8H2,1H3,(H,24,26). The maximum absolute atomic E-state index is 13.1. The number of thioether (sulfide) groups is 1. The molecule has 27 heavy (non-hydrogen) atoms. The summed E-state index contributed by atoms with van der Waals surface area (Å²) in [6.07, 6.45) is 1.50. The van der Waals surface area contributed by atoms with Crippen LogP contribution in [0.15, 0.2) is 47.8 Å².